The Hall–Kier alpha value is -0.830. The number of aromatic nitrogens is 2. The Kier molecular flexibility index (Phi) is 1.91. The highest BCUT2D eigenvalue weighted by atomic mass is 15.1. The highest BCUT2D eigenvalue weighted by Crippen LogP contribution is 2.42. The van der Waals surface area contributed by atoms with Gasteiger partial charge in [-0.1, -0.05) is 13.8 Å². The maximum atomic E-state index is 4.38. The summed E-state index contributed by atoms with van der Waals surface area (Å²) in [6.45, 7) is 5.68. The molecule has 0 aliphatic carbocycles. The first-order valence-electron chi connectivity index (χ1n) is 4.88. The minimum absolute atomic E-state index is 0.402. The Morgan fingerprint density at radius 1 is 1.77 bits per heavy atom. The van der Waals surface area contributed by atoms with E-state index in [4.69, 9.17) is 0 Å². The molecule has 0 saturated carbocycles. The highest BCUT2D eigenvalue weighted by molar-refractivity contribution is 5.11. The van der Waals surface area contributed by atoms with Crippen molar-refractivity contribution in [3.05, 3.63) is 18.2 Å². The minimum atomic E-state index is 0.402. The fourth-order valence-electron chi connectivity index (χ4n) is 1.94. The van der Waals surface area contributed by atoms with Gasteiger partial charge >= 0.3 is 0 Å². The molecule has 2 atom stereocenters. The molecule has 3 nitrogen and oxygen atoms in total. The van der Waals surface area contributed by atoms with Gasteiger partial charge in [-0.15, -0.1) is 0 Å². The number of imidazole rings is 1. The van der Waals surface area contributed by atoms with Crippen LogP contribution in [0.2, 0.25) is 0 Å². The molecule has 1 saturated heterocycles. The zero-order valence-electron chi connectivity index (χ0n) is 8.54. The molecule has 1 aromatic heterocycles. The van der Waals surface area contributed by atoms with E-state index in [1.54, 1.807) is 0 Å². The summed E-state index contributed by atoms with van der Waals surface area (Å²) in [4.78, 5) is 4.38. The lowest BCUT2D eigenvalue weighted by molar-refractivity contribution is 0.0900. The van der Waals surface area contributed by atoms with Gasteiger partial charge in [-0.25, -0.2) is 4.98 Å². The Labute approximate surface area is 79.2 Å². The van der Waals surface area contributed by atoms with E-state index in [0.29, 0.717) is 11.5 Å². The summed E-state index contributed by atoms with van der Waals surface area (Å²) in [5.41, 5.74) is 0.402. The summed E-state index contributed by atoms with van der Waals surface area (Å²) in [7, 11) is 2.05. The van der Waals surface area contributed by atoms with Crippen LogP contribution in [0.5, 0.6) is 0 Å². The zero-order valence-corrected chi connectivity index (χ0v) is 8.54. The average molecular weight is 179 g/mol. The third kappa shape index (κ3) is 1.18. The highest BCUT2D eigenvalue weighted by Gasteiger charge is 2.43. The van der Waals surface area contributed by atoms with Crippen molar-refractivity contribution >= 4 is 0 Å². The largest absolute Gasteiger partial charge is 0.337 e. The van der Waals surface area contributed by atoms with Crippen molar-refractivity contribution in [1.29, 1.82) is 0 Å². The van der Waals surface area contributed by atoms with Crippen LogP contribution in [0.25, 0.3) is 0 Å². The molecule has 72 valence electrons. The van der Waals surface area contributed by atoms with Crippen LogP contribution in [-0.4, -0.2) is 16.1 Å². The molecule has 13 heavy (non-hydrogen) atoms. The van der Waals surface area contributed by atoms with Crippen molar-refractivity contribution in [1.82, 2.24) is 14.9 Å². The van der Waals surface area contributed by atoms with Gasteiger partial charge in [0.25, 0.3) is 0 Å². The van der Waals surface area contributed by atoms with E-state index in [-0.39, 0.29) is 0 Å². The van der Waals surface area contributed by atoms with Crippen molar-refractivity contribution in [2.45, 2.75) is 26.3 Å². The molecule has 0 amide bonds. The second-order valence-corrected chi connectivity index (χ2v) is 4.22. The monoisotopic (exact) mass is 179 g/mol. The fraction of sp³-hybridized carbons (Fsp3) is 0.700. The topological polar surface area (TPSA) is 29.9 Å². The predicted molar refractivity (Wildman–Crippen MR) is 52.3 cm³/mol. The predicted octanol–water partition coefficient (Wildman–Crippen LogP) is 1.48. The summed E-state index contributed by atoms with van der Waals surface area (Å²) >= 11 is 0. The van der Waals surface area contributed by atoms with Crippen LogP contribution in [0.4, 0.5) is 0 Å². The summed E-state index contributed by atoms with van der Waals surface area (Å²) < 4.78 is 2.10. The molecule has 0 spiro atoms. The Bertz CT molecular complexity index is 301. The Balaban J connectivity index is 2.24. The Morgan fingerprint density at radius 2 is 2.54 bits per heavy atom. The van der Waals surface area contributed by atoms with Gasteiger partial charge < -0.3 is 9.88 Å². The third-order valence-corrected chi connectivity index (χ3v) is 3.33. The first kappa shape index (κ1) is 8.75. The zero-order chi connectivity index (χ0) is 9.47. The van der Waals surface area contributed by atoms with Crippen LogP contribution in [0.1, 0.15) is 32.1 Å². The number of nitrogens with zero attached hydrogens (tertiary/aromatic N) is 2. The minimum Gasteiger partial charge on any atom is -0.337 e. The van der Waals surface area contributed by atoms with E-state index in [1.165, 1.54) is 6.42 Å². The van der Waals surface area contributed by atoms with Crippen molar-refractivity contribution in [2.75, 3.05) is 6.54 Å². The van der Waals surface area contributed by atoms with Crippen LogP contribution in [0.3, 0.4) is 0 Å². The van der Waals surface area contributed by atoms with Gasteiger partial charge in [0.1, 0.15) is 5.82 Å². The lowest BCUT2D eigenvalue weighted by atomic mass is 9.73. The van der Waals surface area contributed by atoms with Gasteiger partial charge in [0.15, 0.2) is 0 Å². The van der Waals surface area contributed by atoms with Gasteiger partial charge in [0.2, 0.25) is 0 Å². The first-order valence-corrected chi connectivity index (χ1v) is 4.88. The smallest absolute Gasteiger partial charge is 0.126 e. The molecule has 2 heterocycles. The third-order valence-electron chi connectivity index (χ3n) is 3.33. The molecule has 2 unspecified atom stereocenters. The Morgan fingerprint density at radius 3 is 2.92 bits per heavy atom. The molecule has 1 aliphatic heterocycles. The summed E-state index contributed by atoms with van der Waals surface area (Å²) in [6.07, 6.45) is 5.08. The van der Waals surface area contributed by atoms with E-state index in [1.807, 2.05) is 12.4 Å². The molecule has 0 aromatic carbocycles. The van der Waals surface area contributed by atoms with Gasteiger partial charge in [-0.2, -0.15) is 0 Å². The molecule has 1 aliphatic rings. The van der Waals surface area contributed by atoms with Crippen LogP contribution < -0.4 is 5.32 Å². The summed E-state index contributed by atoms with van der Waals surface area (Å²) in [6, 6.07) is 0.442. The summed E-state index contributed by atoms with van der Waals surface area (Å²) in [5.74, 6) is 1.16. The van der Waals surface area contributed by atoms with Crippen molar-refractivity contribution in [3.63, 3.8) is 0 Å². The van der Waals surface area contributed by atoms with Crippen LogP contribution in [0, 0.1) is 5.41 Å². The first-order chi connectivity index (χ1) is 6.17. The lowest BCUT2D eigenvalue weighted by Crippen LogP contribution is -2.54. The standard InChI is InChI=1S/C10H17N3/c1-4-10(2)7-12-8(10)9-11-5-6-13(9)3/h5-6,8,12H,4,7H2,1-3H3. The van der Waals surface area contributed by atoms with E-state index >= 15 is 0 Å². The van der Waals surface area contributed by atoms with Crippen molar-refractivity contribution < 1.29 is 0 Å². The van der Waals surface area contributed by atoms with E-state index in [0.717, 1.165) is 12.4 Å². The molecule has 1 aromatic rings. The number of nitrogens with one attached hydrogen (secondary N) is 1. The second-order valence-electron chi connectivity index (χ2n) is 4.22. The molecule has 0 bridgehead atoms. The molecule has 3 heteroatoms. The summed E-state index contributed by atoms with van der Waals surface area (Å²) in [5, 5.41) is 3.45. The molecular formula is C10H17N3. The van der Waals surface area contributed by atoms with Crippen LogP contribution in [-0.2, 0) is 7.05 Å². The fourth-order valence-corrected chi connectivity index (χ4v) is 1.94. The number of hydrogen-bond acceptors (Lipinski definition) is 2. The van der Waals surface area contributed by atoms with E-state index in [9.17, 15) is 0 Å². The quantitative estimate of drug-likeness (QED) is 0.745. The maximum absolute atomic E-state index is 4.38. The van der Waals surface area contributed by atoms with Gasteiger partial charge in [0.05, 0.1) is 6.04 Å². The van der Waals surface area contributed by atoms with Gasteiger partial charge in [-0.3, -0.25) is 0 Å². The average Bonchev–Trinajstić information content (AvgIpc) is 2.49. The molecular weight excluding hydrogens is 162 g/mol. The SMILES string of the molecule is CCC1(C)CNC1c1nccn1C. The van der Waals surface area contributed by atoms with Gasteiger partial charge in [-0.05, 0) is 6.42 Å². The number of rotatable bonds is 2. The van der Waals surface area contributed by atoms with E-state index < -0.39 is 0 Å². The lowest BCUT2D eigenvalue weighted by Gasteiger charge is -2.47. The molecule has 1 fully saturated rings. The van der Waals surface area contributed by atoms with Crippen molar-refractivity contribution in [2.24, 2.45) is 12.5 Å². The normalized spacial score (nSPS) is 33.0. The van der Waals surface area contributed by atoms with E-state index in [2.05, 4.69) is 35.8 Å². The maximum Gasteiger partial charge on any atom is 0.126 e. The van der Waals surface area contributed by atoms with Crippen molar-refractivity contribution in [3.8, 4) is 0 Å². The number of hydrogen-bond donors (Lipinski definition) is 1. The van der Waals surface area contributed by atoms with Crippen LogP contribution in [0.15, 0.2) is 12.4 Å². The number of aryl methyl sites for hydroxylation is 1. The second kappa shape index (κ2) is 2.84. The molecule has 0 radical (unpaired) electrons. The van der Waals surface area contributed by atoms with Gasteiger partial charge in [0, 0.05) is 31.4 Å². The molecule has 2 rings (SSSR count). The van der Waals surface area contributed by atoms with Crippen LogP contribution >= 0.6 is 0 Å². The molecule has 1 N–H and O–H groups in total.